The van der Waals surface area contributed by atoms with Crippen molar-refractivity contribution in [1.29, 1.82) is 0 Å². The van der Waals surface area contributed by atoms with Crippen LogP contribution in [-0.4, -0.2) is 24.0 Å². The van der Waals surface area contributed by atoms with Crippen molar-refractivity contribution in [1.82, 2.24) is 4.90 Å². The summed E-state index contributed by atoms with van der Waals surface area (Å²) in [7, 11) is 0. The van der Waals surface area contributed by atoms with Crippen molar-refractivity contribution in [2.24, 2.45) is 5.41 Å². The molecule has 1 atom stereocenters. The molecule has 1 saturated carbocycles. The summed E-state index contributed by atoms with van der Waals surface area (Å²) < 4.78 is 0. The van der Waals surface area contributed by atoms with Crippen molar-refractivity contribution in [3.05, 3.63) is 0 Å². The molecule has 1 unspecified atom stereocenters. The van der Waals surface area contributed by atoms with E-state index >= 15 is 0 Å². The Kier molecular flexibility index (Phi) is 2.16. The zero-order valence-corrected chi connectivity index (χ0v) is 8.47. The molecule has 70 valence electrons. The Bertz CT molecular complexity index is 160. The quantitative estimate of drug-likeness (QED) is 0.624. The molecule has 0 N–H and O–H groups in total. The van der Waals surface area contributed by atoms with E-state index in [4.69, 9.17) is 0 Å². The highest BCUT2D eigenvalue weighted by molar-refractivity contribution is 4.96. The Hall–Kier alpha value is -0.0400. The minimum Gasteiger partial charge on any atom is -0.300 e. The monoisotopic (exact) mass is 167 g/mol. The van der Waals surface area contributed by atoms with Gasteiger partial charge in [-0.3, -0.25) is 0 Å². The molecule has 1 aliphatic carbocycles. The maximum absolute atomic E-state index is 2.70. The van der Waals surface area contributed by atoms with Crippen LogP contribution in [0.3, 0.4) is 0 Å². The molecule has 0 bridgehead atoms. The van der Waals surface area contributed by atoms with Crippen LogP contribution >= 0.6 is 0 Å². The first-order valence-corrected chi connectivity index (χ1v) is 5.50. The second kappa shape index (κ2) is 3.02. The minimum absolute atomic E-state index is 0.763. The molecule has 1 heteroatoms. The van der Waals surface area contributed by atoms with Gasteiger partial charge in [-0.05, 0) is 51.0 Å². The molecule has 0 radical (unpaired) electrons. The van der Waals surface area contributed by atoms with Gasteiger partial charge in [0.25, 0.3) is 0 Å². The highest BCUT2D eigenvalue weighted by Crippen LogP contribution is 2.49. The predicted octanol–water partition coefficient (Wildman–Crippen LogP) is 2.66. The highest BCUT2D eigenvalue weighted by atomic mass is 15.2. The molecule has 2 aliphatic rings. The molecule has 2 rings (SSSR count). The fraction of sp³-hybridized carbons (Fsp3) is 1.00. The molecule has 12 heavy (non-hydrogen) atoms. The SMILES string of the molecule is CCC1(CN2CCCC2C)CC1. The zero-order valence-electron chi connectivity index (χ0n) is 8.47. The Morgan fingerprint density at radius 2 is 2.17 bits per heavy atom. The predicted molar refractivity (Wildman–Crippen MR) is 52.2 cm³/mol. The summed E-state index contributed by atoms with van der Waals surface area (Å²) in [6.07, 6.45) is 7.25. The third-order valence-electron chi connectivity index (χ3n) is 3.94. The summed E-state index contributed by atoms with van der Waals surface area (Å²) in [5.74, 6) is 0. The second-order valence-electron chi connectivity index (χ2n) is 4.82. The second-order valence-corrected chi connectivity index (χ2v) is 4.82. The number of nitrogens with zero attached hydrogens (tertiary/aromatic N) is 1. The lowest BCUT2D eigenvalue weighted by Gasteiger charge is -2.26. The molecule has 0 aromatic rings. The Morgan fingerprint density at radius 3 is 2.58 bits per heavy atom. The van der Waals surface area contributed by atoms with Gasteiger partial charge in [0, 0.05) is 12.6 Å². The van der Waals surface area contributed by atoms with Gasteiger partial charge >= 0.3 is 0 Å². The lowest BCUT2D eigenvalue weighted by Crippen LogP contribution is -2.32. The Labute approximate surface area is 76.1 Å². The van der Waals surface area contributed by atoms with Crippen molar-refractivity contribution in [2.45, 2.75) is 52.0 Å². The summed E-state index contributed by atoms with van der Waals surface area (Å²) in [6.45, 7) is 7.50. The van der Waals surface area contributed by atoms with Crippen LogP contribution in [0.2, 0.25) is 0 Å². The van der Waals surface area contributed by atoms with E-state index in [-0.39, 0.29) is 0 Å². The minimum atomic E-state index is 0.763. The zero-order chi connectivity index (χ0) is 8.60. The number of likely N-dealkylation sites (tertiary alicyclic amines) is 1. The third-order valence-corrected chi connectivity index (χ3v) is 3.94. The van der Waals surface area contributed by atoms with Gasteiger partial charge in [0.05, 0.1) is 0 Å². The van der Waals surface area contributed by atoms with Crippen molar-refractivity contribution in [3.63, 3.8) is 0 Å². The van der Waals surface area contributed by atoms with Gasteiger partial charge in [-0.1, -0.05) is 6.92 Å². The normalized spacial score (nSPS) is 34.0. The van der Waals surface area contributed by atoms with Crippen LogP contribution in [0.15, 0.2) is 0 Å². The molecule has 2 fully saturated rings. The van der Waals surface area contributed by atoms with Crippen LogP contribution in [0.4, 0.5) is 0 Å². The van der Waals surface area contributed by atoms with Gasteiger partial charge in [-0.15, -0.1) is 0 Å². The van der Waals surface area contributed by atoms with Crippen molar-refractivity contribution in [3.8, 4) is 0 Å². The molecule has 0 spiro atoms. The van der Waals surface area contributed by atoms with Crippen LogP contribution in [0.25, 0.3) is 0 Å². The van der Waals surface area contributed by atoms with Crippen LogP contribution in [-0.2, 0) is 0 Å². The standard InChI is InChI=1S/C11H21N/c1-3-11(6-7-11)9-12-8-4-5-10(12)2/h10H,3-9H2,1-2H3. The summed E-state index contributed by atoms with van der Waals surface area (Å²) >= 11 is 0. The van der Waals surface area contributed by atoms with Crippen LogP contribution in [0.1, 0.15) is 46.0 Å². The van der Waals surface area contributed by atoms with Gasteiger partial charge in [-0.25, -0.2) is 0 Å². The van der Waals surface area contributed by atoms with E-state index in [1.807, 2.05) is 0 Å². The molecule has 0 aromatic carbocycles. The first-order valence-electron chi connectivity index (χ1n) is 5.50. The maximum atomic E-state index is 2.70. The van der Waals surface area contributed by atoms with Gasteiger partial charge in [0.2, 0.25) is 0 Å². The fourth-order valence-electron chi connectivity index (χ4n) is 2.46. The van der Waals surface area contributed by atoms with Crippen molar-refractivity contribution in [2.75, 3.05) is 13.1 Å². The van der Waals surface area contributed by atoms with E-state index in [0.717, 1.165) is 11.5 Å². The molecule has 1 heterocycles. The first-order chi connectivity index (χ1) is 5.76. The topological polar surface area (TPSA) is 3.24 Å². The van der Waals surface area contributed by atoms with Crippen molar-refractivity contribution < 1.29 is 0 Å². The third kappa shape index (κ3) is 1.52. The van der Waals surface area contributed by atoms with E-state index in [2.05, 4.69) is 18.7 Å². The number of hydrogen-bond donors (Lipinski definition) is 0. The first kappa shape index (κ1) is 8.55. The highest BCUT2D eigenvalue weighted by Gasteiger charge is 2.43. The average Bonchev–Trinajstić information content (AvgIpc) is 2.74. The summed E-state index contributed by atoms with van der Waals surface area (Å²) in [4.78, 5) is 2.70. The summed E-state index contributed by atoms with van der Waals surface area (Å²) in [5.41, 5.74) is 0.763. The van der Waals surface area contributed by atoms with Gasteiger partial charge in [0.1, 0.15) is 0 Å². The molecule has 0 amide bonds. The van der Waals surface area contributed by atoms with E-state index in [1.165, 1.54) is 45.2 Å². The van der Waals surface area contributed by atoms with E-state index in [1.54, 1.807) is 0 Å². The van der Waals surface area contributed by atoms with Crippen LogP contribution < -0.4 is 0 Å². The Balaban J connectivity index is 1.86. The van der Waals surface area contributed by atoms with E-state index < -0.39 is 0 Å². The summed E-state index contributed by atoms with van der Waals surface area (Å²) in [5, 5.41) is 0. The summed E-state index contributed by atoms with van der Waals surface area (Å²) in [6, 6.07) is 0.869. The van der Waals surface area contributed by atoms with Crippen molar-refractivity contribution >= 4 is 0 Å². The van der Waals surface area contributed by atoms with Gasteiger partial charge in [-0.2, -0.15) is 0 Å². The molecule has 0 aromatic heterocycles. The fourth-order valence-corrected chi connectivity index (χ4v) is 2.46. The largest absolute Gasteiger partial charge is 0.300 e. The number of hydrogen-bond acceptors (Lipinski definition) is 1. The van der Waals surface area contributed by atoms with Gasteiger partial charge < -0.3 is 4.90 Å². The molecule has 1 aliphatic heterocycles. The van der Waals surface area contributed by atoms with Gasteiger partial charge in [0.15, 0.2) is 0 Å². The maximum Gasteiger partial charge on any atom is 0.00676 e. The van der Waals surface area contributed by atoms with E-state index in [9.17, 15) is 0 Å². The Morgan fingerprint density at radius 1 is 1.42 bits per heavy atom. The molecular formula is C11H21N. The lowest BCUT2D eigenvalue weighted by atomic mass is 10.0. The van der Waals surface area contributed by atoms with Crippen LogP contribution in [0.5, 0.6) is 0 Å². The number of rotatable bonds is 3. The molecule has 1 nitrogen and oxygen atoms in total. The molecule has 1 saturated heterocycles. The lowest BCUT2D eigenvalue weighted by molar-refractivity contribution is 0.210. The average molecular weight is 167 g/mol. The smallest absolute Gasteiger partial charge is 0.00676 e. The van der Waals surface area contributed by atoms with Crippen LogP contribution in [0, 0.1) is 5.41 Å². The molecular weight excluding hydrogens is 146 g/mol. The van der Waals surface area contributed by atoms with E-state index in [0.29, 0.717) is 0 Å².